The normalized spacial score (nSPS) is 13.1. The molecule has 0 aliphatic carbocycles. The molecule has 1 amide bonds. The zero-order valence-electron chi connectivity index (χ0n) is 20.2. The maximum atomic E-state index is 13.9. The molecule has 9 heteroatoms. The summed E-state index contributed by atoms with van der Waals surface area (Å²) in [6, 6.07) is 18.4. The Morgan fingerprint density at radius 3 is 2.47 bits per heavy atom. The van der Waals surface area contributed by atoms with Gasteiger partial charge in [-0.1, -0.05) is 73.1 Å². The number of nitrogens with one attached hydrogen (secondary N) is 1. The van der Waals surface area contributed by atoms with Crippen molar-refractivity contribution in [3.63, 3.8) is 0 Å². The van der Waals surface area contributed by atoms with E-state index in [4.69, 9.17) is 11.6 Å². The number of amides is 1. The fourth-order valence-corrected chi connectivity index (χ4v) is 4.46. The lowest BCUT2D eigenvalue weighted by Gasteiger charge is -2.26. The lowest BCUT2D eigenvalue weighted by molar-refractivity contribution is -0.106. The number of fused-ring (bicyclic) bond motifs is 1. The van der Waals surface area contributed by atoms with E-state index in [1.54, 1.807) is 22.9 Å². The Kier molecular flexibility index (Phi) is 7.11. The minimum absolute atomic E-state index is 0.163. The first kappa shape index (κ1) is 25.7. The second kappa shape index (κ2) is 9.95. The Labute approximate surface area is 212 Å². The van der Waals surface area contributed by atoms with Gasteiger partial charge in [-0.05, 0) is 42.3 Å². The van der Waals surface area contributed by atoms with Crippen LogP contribution in [-0.2, 0) is 24.4 Å². The molecule has 0 saturated carbocycles. The molecule has 0 aliphatic rings. The van der Waals surface area contributed by atoms with Gasteiger partial charge in [0.2, 0.25) is 0 Å². The van der Waals surface area contributed by atoms with Crippen LogP contribution < -0.4 is 5.32 Å². The van der Waals surface area contributed by atoms with Crippen molar-refractivity contribution in [3.05, 3.63) is 94.0 Å². The third-order valence-electron chi connectivity index (χ3n) is 6.24. The van der Waals surface area contributed by atoms with Crippen LogP contribution in [0.25, 0.3) is 11.0 Å². The Morgan fingerprint density at radius 1 is 1.11 bits per heavy atom. The second-order valence-electron chi connectivity index (χ2n) is 9.49. The van der Waals surface area contributed by atoms with Crippen LogP contribution in [0.4, 0.5) is 8.78 Å². The summed E-state index contributed by atoms with van der Waals surface area (Å²) in [5.41, 5.74) is 2.87. The van der Waals surface area contributed by atoms with E-state index >= 15 is 0 Å². The Balaban J connectivity index is 1.44. The van der Waals surface area contributed by atoms with Gasteiger partial charge < -0.3 is 10.4 Å². The summed E-state index contributed by atoms with van der Waals surface area (Å²) < 4.78 is 29.7. The van der Waals surface area contributed by atoms with E-state index < -0.39 is 12.0 Å². The highest BCUT2D eigenvalue weighted by molar-refractivity contribution is 6.31. The fourth-order valence-electron chi connectivity index (χ4n) is 4.07. The molecule has 1 unspecified atom stereocenters. The number of carbonyl (C=O) groups excluding carboxylic acids is 1. The smallest absolute Gasteiger partial charge is 0.298 e. The number of aliphatic hydroxyl groups is 1. The van der Waals surface area contributed by atoms with Crippen LogP contribution in [-0.4, -0.2) is 32.1 Å². The quantitative estimate of drug-likeness (QED) is 0.328. The molecule has 0 bridgehead atoms. The van der Waals surface area contributed by atoms with Crippen LogP contribution in [0.5, 0.6) is 0 Å². The van der Waals surface area contributed by atoms with Gasteiger partial charge in [0.1, 0.15) is 11.6 Å². The molecule has 0 aliphatic heterocycles. The molecule has 2 N–H and O–H groups in total. The molecule has 1 heterocycles. The highest BCUT2D eigenvalue weighted by Gasteiger charge is 2.37. The summed E-state index contributed by atoms with van der Waals surface area (Å²) in [7, 11) is 0. The Bertz CT molecular complexity index is 1380. The average Bonchev–Trinajstić information content (AvgIpc) is 3.24. The van der Waals surface area contributed by atoms with Gasteiger partial charge in [-0.2, -0.15) is 8.78 Å². The van der Waals surface area contributed by atoms with Gasteiger partial charge in [0.15, 0.2) is 0 Å². The van der Waals surface area contributed by atoms with E-state index in [1.165, 1.54) is 24.3 Å². The SMILES string of the molecule is CC(O)C(F)(F)c1ccc(CNC(=O)c2ccc3c(c2)nnn3CC(C)(C)c2ccccc2Cl)cc1. The number of aliphatic hydroxyl groups excluding tert-OH is 1. The molecule has 4 aromatic rings. The number of hydrogen-bond donors (Lipinski definition) is 2. The molecule has 6 nitrogen and oxygen atoms in total. The van der Waals surface area contributed by atoms with Crippen molar-refractivity contribution in [2.24, 2.45) is 0 Å². The van der Waals surface area contributed by atoms with Gasteiger partial charge in [-0.15, -0.1) is 5.10 Å². The van der Waals surface area contributed by atoms with Gasteiger partial charge in [-0.25, -0.2) is 4.68 Å². The minimum Gasteiger partial charge on any atom is -0.387 e. The Hall–Kier alpha value is -3.36. The lowest BCUT2D eigenvalue weighted by Crippen LogP contribution is -2.28. The third-order valence-corrected chi connectivity index (χ3v) is 6.57. The van der Waals surface area contributed by atoms with Crippen molar-refractivity contribution in [2.75, 3.05) is 0 Å². The van der Waals surface area contributed by atoms with Crippen LogP contribution in [0, 0.1) is 0 Å². The summed E-state index contributed by atoms with van der Waals surface area (Å²) in [6.07, 6.45) is -1.79. The van der Waals surface area contributed by atoms with Crippen molar-refractivity contribution in [1.29, 1.82) is 0 Å². The van der Waals surface area contributed by atoms with Gasteiger partial charge >= 0.3 is 0 Å². The van der Waals surface area contributed by atoms with E-state index in [0.717, 1.165) is 18.0 Å². The van der Waals surface area contributed by atoms with Crippen LogP contribution in [0.3, 0.4) is 0 Å². The molecule has 0 saturated heterocycles. The summed E-state index contributed by atoms with van der Waals surface area (Å²) in [4.78, 5) is 12.7. The average molecular weight is 513 g/mol. The van der Waals surface area contributed by atoms with Crippen molar-refractivity contribution in [3.8, 4) is 0 Å². The highest BCUT2D eigenvalue weighted by Crippen LogP contribution is 2.33. The predicted octanol–water partition coefficient (Wildman–Crippen LogP) is 5.47. The van der Waals surface area contributed by atoms with E-state index in [0.29, 0.717) is 28.2 Å². The molecular weight excluding hydrogens is 486 g/mol. The minimum atomic E-state index is -3.34. The van der Waals surface area contributed by atoms with Crippen molar-refractivity contribution in [2.45, 2.75) is 51.3 Å². The lowest BCUT2D eigenvalue weighted by atomic mass is 9.84. The van der Waals surface area contributed by atoms with Crippen LogP contribution in [0.1, 0.15) is 47.8 Å². The molecule has 0 radical (unpaired) electrons. The van der Waals surface area contributed by atoms with E-state index in [9.17, 15) is 18.7 Å². The Morgan fingerprint density at radius 2 is 1.81 bits per heavy atom. The van der Waals surface area contributed by atoms with Gasteiger partial charge in [-0.3, -0.25) is 4.79 Å². The molecule has 3 aromatic carbocycles. The standard InChI is InChI=1S/C27H27ClF2N4O2/c1-17(35)27(29,30)20-11-8-18(9-12-20)15-31-25(36)19-10-13-24-23(14-19)32-33-34(24)16-26(2,3)21-6-4-5-7-22(21)28/h4-14,17,35H,15-16H2,1-3H3,(H,31,36). The van der Waals surface area contributed by atoms with E-state index in [1.807, 2.05) is 24.3 Å². The molecule has 0 fully saturated rings. The largest absolute Gasteiger partial charge is 0.387 e. The van der Waals surface area contributed by atoms with Gasteiger partial charge in [0.25, 0.3) is 11.8 Å². The number of halogens is 3. The molecule has 1 atom stereocenters. The summed E-state index contributed by atoms with van der Waals surface area (Å²) >= 11 is 6.40. The highest BCUT2D eigenvalue weighted by atomic mass is 35.5. The van der Waals surface area contributed by atoms with Crippen molar-refractivity contribution in [1.82, 2.24) is 20.3 Å². The second-order valence-corrected chi connectivity index (χ2v) is 9.90. The molecule has 36 heavy (non-hydrogen) atoms. The number of hydrogen-bond acceptors (Lipinski definition) is 4. The molecular formula is C27H27ClF2N4O2. The zero-order valence-corrected chi connectivity index (χ0v) is 20.9. The van der Waals surface area contributed by atoms with Crippen molar-refractivity contribution < 1.29 is 18.7 Å². The number of aromatic nitrogens is 3. The van der Waals surface area contributed by atoms with Crippen LogP contribution in [0.15, 0.2) is 66.7 Å². The first-order valence-electron chi connectivity index (χ1n) is 11.5. The van der Waals surface area contributed by atoms with Crippen LogP contribution >= 0.6 is 11.6 Å². The molecule has 188 valence electrons. The third kappa shape index (κ3) is 5.24. The van der Waals surface area contributed by atoms with Crippen LogP contribution in [0.2, 0.25) is 5.02 Å². The van der Waals surface area contributed by atoms with E-state index in [2.05, 4.69) is 29.5 Å². The monoisotopic (exact) mass is 512 g/mol. The van der Waals surface area contributed by atoms with Gasteiger partial charge in [0, 0.05) is 28.1 Å². The van der Waals surface area contributed by atoms with Gasteiger partial charge in [0.05, 0.1) is 12.1 Å². The van der Waals surface area contributed by atoms with E-state index in [-0.39, 0.29) is 23.4 Å². The number of benzene rings is 3. The summed E-state index contributed by atoms with van der Waals surface area (Å²) in [6.45, 7) is 5.92. The molecule has 4 rings (SSSR count). The predicted molar refractivity (Wildman–Crippen MR) is 135 cm³/mol. The maximum absolute atomic E-state index is 13.9. The first-order chi connectivity index (χ1) is 17.0. The fraction of sp³-hybridized carbons (Fsp3) is 0.296. The first-order valence-corrected chi connectivity index (χ1v) is 11.9. The molecule has 1 aromatic heterocycles. The topological polar surface area (TPSA) is 80.0 Å². The number of rotatable bonds is 8. The summed E-state index contributed by atoms with van der Waals surface area (Å²) in [5.74, 6) is -3.65. The van der Waals surface area contributed by atoms with Crippen molar-refractivity contribution >= 4 is 28.5 Å². The zero-order chi connectivity index (χ0) is 26.1. The molecule has 0 spiro atoms. The number of carbonyl (C=O) groups is 1. The number of nitrogens with zero attached hydrogens (tertiary/aromatic N) is 3. The maximum Gasteiger partial charge on any atom is 0.298 e. The summed E-state index contributed by atoms with van der Waals surface area (Å²) in [5, 5.41) is 21.3. The number of alkyl halides is 2.